The summed E-state index contributed by atoms with van der Waals surface area (Å²) in [5, 5.41) is 12.2. The Morgan fingerprint density at radius 2 is 1.64 bits per heavy atom. The number of carboxylic acid groups (broad SMARTS) is 1. The smallest absolute Gasteiger partial charge is 0.307 e. The van der Waals surface area contributed by atoms with Gasteiger partial charge in [-0.3, -0.25) is 14.5 Å². The van der Waals surface area contributed by atoms with Crippen molar-refractivity contribution < 1.29 is 14.7 Å². The summed E-state index contributed by atoms with van der Waals surface area (Å²) >= 11 is 0. The standard InChI is InChI=1S/C23H28N2O3/c26-22(17-25-15-7-12-20(16-25)23(27)28)24-14-13-21(18-8-3-1-4-9-18)19-10-5-2-6-11-19/h1-6,8-11,20-21H,7,12-17H2,(H,24,26)(H,27,28). The summed E-state index contributed by atoms with van der Waals surface area (Å²) in [5.41, 5.74) is 2.48. The van der Waals surface area contributed by atoms with Crippen LogP contribution in [0.15, 0.2) is 60.7 Å². The number of nitrogens with one attached hydrogen (secondary N) is 1. The highest BCUT2D eigenvalue weighted by Crippen LogP contribution is 2.27. The van der Waals surface area contributed by atoms with Crippen LogP contribution in [-0.2, 0) is 9.59 Å². The minimum atomic E-state index is -0.765. The van der Waals surface area contributed by atoms with E-state index in [-0.39, 0.29) is 24.3 Å². The molecule has 1 unspecified atom stereocenters. The predicted molar refractivity (Wildman–Crippen MR) is 109 cm³/mol. The van der Waals surface area contributed by atoms with Crippen molar-refractivity contribution in [1.29, 1.82) is 0 Å². The third-order valence-electron chi connectivity index (χ3n) is 5.38. The van der Waals surface area contributed by atoms with Gasteiger partial charge in [-0.15, -0.1) is 0 Å². The van der Waals surface area contributed by atoms with Crippen LogP contribution in [0.25, 0.3) is 0 Å². The molecule has 1 fully saturated rings. The Labute approximate surface area is 166 Å². The molecule has 5 heteroatoms. The molecule has 0 spiro atoms. The number of nitrogens with zero attached hydrogens (tertiary/aromatic N) is 1. The van der Waals surface area contributed by atoms with Gasteiger partial charge in [0.1, 0.15) is 0 Å². The summed E-state index contributed by atoms with van der Waals surface area (Å²) in [4.78, 5) is 25.5. The molecule has 148 valence electrons. The van der Waals surface area contributed by atoms with Gasteiger partial charge >= 0.3 is 5.97 Å². The van der Waals surface area contributed by atoms with Crippen LogP contribution in [0.3, 0.4) is 0 Å². The first-order chi connectivity index (χ1) is 13.6. The lowest BCUT2D eigenvalue weighted by atomic mass is 9.88. The molecule has 1 atom stereocenters. The van der Waals surface area contributed by atoms with E-state index in [1.165, 1.54) is 11.1 Å². The Hall–Kier alpha value is -2.66. The summed E-state index contributed by atoms with van der Waals surface area (Å²) in [6.07, 6.45) is 2.34. The van der Waals surface area contributed by atoms with E-state index in [1.807, 2.05) is 41.3 Å². The maximum absolute atomic E-state index is 12.3. The van der Waals surface area contributed by atoms with E-state index in [9.17, 15) is 14.7 Å². The van der Waals surface area contributed by atoms with E-state index >= 15 is 0 Å². The van der Waals surface area contributed by atoms with E-state index in [0.29, 0.717) is 19.5 Å². The number of amides is 1. The Kier molecular flexibility index (Phi) is 7.20. The molecule has 0 bridgehead atoms. The van der Waals surface area contributed by atoms with Crippen LogP contribution in [-0.4, -0.2) is 48.1 Å². The van der Waals surface area contributed by atoms with Gasteiger partial charge in [-0.25, -0.2) is 0 Å². The molecule has 2 aromatic carbocycles. The third-order valence-corrected chi connectivity index (χ3v) is 5.38. The van der Waals surface area contributed by atoms with Crippen LogP contribution in [0.4, 0.5) is 0 Å². The second kappa shape index (κ2) is 10.0. The van der Waals surface area contributed by atoms with Gasteiger partial charge in [0.15, 0.2) is 0 Å². The first-order valence-electron chi connectivity index (χ1n) is 9.95. The molecule has 1 heterocycles. The Morgan fingerprint density at radius 1 is 1.04 bits per heavy atom. The summed E-state index contributed by atoms with van der Waals surface area (Å²) in [6, 6.07) is 20.7. The Morgan fingerprint density at radius 3 is 2.21 bits per heavy atom. The average Bonchev–Trinajstić information content (AvgIpc) is 2.72. The van der Waals surface area contributed by atoms with Crippen molar-refractivity contribution in [3.05, 3.63) is 71.8 Å². The van der Waals surface area contributed by atoms with Crippen molar-refractivity contribution in [3.8, 4) is 0 Å². The van der Waals surface area contributed by atoms with Crippen molar-refractivity contribution >= 4 is 11.9 Å². The molecule has 1 aliphatic heterocycles. The third kappa shape index (κ3) is 5.67. The number of aliphatic carboxylic acids is 1. The molecule has 1 amide bonds. The highest BCUT2D eigenvalue weighted by molar-refractivity contribution is 5.78. The van der Waals surface area contributed by atoms with Crippen LogP contribution >= 0.6 is 0 Å². The van der Waals surface area contributed by atoms with Crippen molar-refractivity contribution in [1.82, 2.24) is 10.2 Å². The fourth-order valence-corrected chi connectivity index (χ4v) is 3.91. The summed E-state index contributed by atoms with van der Waals surface area (Å²) in [6.45, 7) is 2.10. The lowest BCUT2D eigenvalue weighted by Gasteiger charge is -2.30. The molecule has 1 saturated heterocycles. The van der Waals surface area contributed by atoms with Gasteiger partial charge in [-0.1, -0.05) is 60.7 Å². The van der Waals surface area contributed by atoms with Crippen LogP contribution in [0.5, 0.6) is 0 Å². The number of carboxylic acids is 1. The zero-order valence-corrected chi connectivity index (χ0v) is 16.1. The van der Waals surface area contributed by atoms with E-state index in [2.05, 4.69) is 29.6 Å². The molecule has 5 nitrogen and oxygen atoms in total. The van der Waals surface area contributed by atoms with Gasteiger partial charge in [0, 0.05) is 19.0 Å². The number of carbonyl (C=O) groups excluding carboxylic acids is 1. The minimum Gasteiger partial charge on any atom is -0.481 e. The van der Waals surface area contributed by atoms with Gasteiger partial charge in [0.05, 0.1) is 12.5 Å². The van der Waals surface area contributed by atoms with E-state index in [1.54, 1.807) is 0 Å². The molecule has 0 aromatic heterocycles. The molecular weight excluding hydrogens is 352 g/mol. The number of hydrogen-bond donors (Lipinski definition) is 2. The van der Waals surface area contributed by atoms with Gasteiger partial charge in [0.2, 0.25) is 5.91 Å². The fraction of sp³-hybridized carbons (Fsp3) is 0.391. The average molecular weight is 380 g/mol. The topological polar surface area (TPSA) is 69.6 Å². The lowest BCUT2D eigenvalue weighted by Crippen LogP contribution is -2.44. The van der Waals surface area contributed by atoms with Gasteiger partial charge in [-0.05, 0) is 36.9 Å². The number of carbonyl (C=O) groups is 2. The first kappa shape index (κ1) is 20.1. The van der Waals surface area contributed by atoms with Crippen LogP contribution in [0.1, 0.15) is 36.3 Å². The molecule has 2 N–H and O–H groups in total. The van der Waals surface area contributed by atoms with Crippen molar-refractivity contribution in [3.63, 3.8) is 0 Å². The molecule has 0 aliphatic carbocycles. The van der Waals surface area contributed by atoms with E-state index in [0.717, 1.165) is 19.4 Å². The number of benzene rings is 2. The van der Waals surface area contributed by atoms with Gasteiger partial charge < -0.3 is 10.4 Å². The summed E-state index contributed by atoms with van der Waals surface area (Å²) in [7, 11) is 0. The number of rotatable bonds is 8. The predicted octanol–water partition coefficient (Wildman–Crippen LogP) is 3.12. The van der Waals surface area contributed by atoms with Crippen molar-refractivity contribution in [2.45, 2.75) is 25.2 Å². The minimum absolute atomic E-state index is 0.0362. The Balaban J connectivity index is 1.53. The number of piperidine rings is 1. The maximum atomic E-state index is 12.3. The van der Waals surface area contributed by atoms with Crippen molar-refractivity contribution in [2.75, 3.05) is 26.2 Å². The highest BCUT2D eigenvalue weighted by Gasteiger charge is 2.26. The molecule has 1 aliphatic rings. The normalized spacial score (nSPS) is 17.4. The SMILES string of the molecule is O=C(CN1CCCC(C(=O)O)C1)NCCC(c1ccccc1)c1ccccc1. The second-order valence-electron chi connectivity index (χ2n) is 7.43. The van der Waals surface area contributed by atoms with Crippen LogP contribution < -0.4 is 5.32 Å². The fourth-order valence-electron chi connectivity index (χ4n) is 3.91. The van der Waals surface area contributed by atoms with Crippen LogP contribution in [0.2, 0.25) is 0 Å². The molecule has 0 saturated carbocycles. The maximum Gasteiger partial charge on any atom is 0.307 e. The van der Waals surface area contributed by atoms with Gasteiger partial charge in [0.25, 0.3) is 0 Å². The Bertz CT molecular complexity index is 724. The number of likely N-dealkylation sites (tertiary alicyclic amines) is 1. The zero-order valence-electron chi connectivity index (χ0n) is 16.1. The zero-order chi connectivity index (χ0) is 19.8. The van der Waals surface area contributed by atoms with Gasteiger partial charge in [-0.2, -0.15) is 0 Å². The lowest BCUT2D eigenvalue weighted by molar-refractivity contribution is -0.144. The summed E-state index contributed by atoms with van der Waals surface area (Å²) in [5.74, 6) is -0.930. The first-order valence-corrected chi connectivity index (χ1v) is 9.95. The van der Waals surface area contributed by atoms with E-state index < -0.39 is 5.97 Å². The quantitative estimate of drug-likeness (QED) is 0.738. The monoisotopic (exact) mass is 380 g/mol. The highest BCUT2D eigenvalue weighted by atomic mass is 16.4. The number of hydrogen-bond acceptors (Lipinski definition) is 3. The molecule has 2 aromatic rings. The molecule has 28 heavy (non-hydrogen) atoms. The molecule has 3 rings (SSSR count). The largest absolute Gasteiger partial charge is 0.481 e. The van der Waals surface area contributed by atoms with Crippen molar-refractivity contribution in [2.24, 2.45) is 5.92 Å². The molecule has 0 radical (unpaired) electrons. The molecular formula is C23H28N2O3. The van der Waals surface area contributed by atoms with Crippen LogP contribution in [0, 0.1) is 5.92 Å². The van der Waals surface area contributed by atoms with E-state index in [4.69, 9.17) is 0 Å². The second-order valence-corrected chi connectivity index (χ2v) is 7.43. The summed E-state index contributed by atoms with van der Waals surface area (Å²) < 4.78 is 0.